The van der Waals surface area contributed by atoms with Gasteiger partial charge in [-0.05, 0) is 45.9 Å². The van der Waals surface area contributed by atoms with Crippen LogP contribution in [0.3, 0.4) is 0 Å². The molecular weight excluding hydrogens is 540 g/mol. The van der Waals surface area contributed by atoms with Crippen LogP contribution in [-0.4, -0.2) is 61.8 Å². The van der Waals surface area contributed by atoms with E-state index in [-0.39, 0.29) is 30.3 Å². The summed E-state index contributed by atoms with van der Waals surface area (Å²) in [5.74, 6) is -3.52. The number of Topliss-reactive ketones (excluding diaryl/α,β-unsaturated/α-hetero) is 1. The maximum absolute atomic E-state index is 10.9. The topological polar surface area (TPSA) is 194 Å². The monoisotopic (exact) mass is 576 g/mol. The summed E-state index contributed by atoms with van der Waals surface area (Å²) in [5.41, 5.74) is 0.956. The third kappa shape index (κ3) is 24.2. The van der Waals surface area contributed by atoms with Gasteiger partial charge in [0, 0.05) is 27.2 Å². The lowest BCUT2D eigenvalue weighted by atomic mass is 10.2. The predicted molar refractivity (Wildman–Crippen MR) is 138 cm³/mol. The number of carbonyl (C=O) groups is 6. The number of aryl methyl sites for hydroxylation is 1. The first-order valence-electron chi connectivity index (χ1n) is 11.4. The average molecular weight is 577 g/mol. The first-order chi connectivity index (χ1) is 18.0. The van der Waals surface area contributed by atoms with Crippen molar-refractivity contribution in [2.75, 3.05) is 13.2 Å². The van der Waals surface area contributed by atoms with Crippen LogP contribution in [0.4, 0.5) is 0 Å². The Kier molecular flexibility index (Phi) is 22.4. The van der Waals surface area contributed by atoms with Crippen molar-refractivity contribution in [1.29, 1.82) is 0 Å². The highest BCUT2D eigenvalue weighted by Crippen LogP contribution is 2.08. The van der Waals surface area contributed by atoms with E-state index < -0.39 is 45.7 Å². The van der Waals surface area contributed by atoms with E-state index in [4.69, 9.17) is 4.55 Å². The zero-order valence-corrected chi connectivity index (χ0v) is 24.1. The van der Waals surface area contributed by atoms with E-state index in [9.17, 15) is 37.2 Å². The van der Waals surface area contributed by atoms with Gasteiger partial charge in [-0.3, -0.25) is 23.7 Å². The maximum Gasteiger partial charge on any atom is 0.374 e. The minimum atomic E-state index is -4.02. The number of carbonyl (C=O) groups excluding carboxylic acids is 6. The molecule has 39 heavy (non-hydrogen) atoms. The Bertz CT molecular complexity index is 1070. The molecule has 0 aromatic heterocycles. The molecule has 0 heterocycles. The zero-order chi connectivity index (χ0) is 31.2. The normalized spacial score (nSPS) is 9.92. The van der Waals surface area contributed by atoms with Crippen LogP contribution in [-0.2, 0) is 57.8 Å². The van der Waals surface area contributed by atoms with Crippen molar-refractivity contribution in [3.63, 3.8) is 0 Å². The van der Waals surface area contributed by atoms with E-state index in [1.165, 1.54) is 39.0 Å². The summed E-state index contributed by atoms with van der Waals surface area (Å²) in [5, 5.41) is 0. The van der Waals surface area contributed by atoms with E-state index in [1.807, 2.05) is 6.92 Å². The van der Waals surface area contributed by atoms with Crippen molar-refractivity contribution >= 4 is 45.7 Å². The Morgan fingerprint density at radius 3 is 1.46 bits per heavy atom. The van der Waals surface area contributed by atoms with E-state index >= 15 is 0 Å². The van der Waals surface area contributed by atoms with Gasteiger partial charge in [0.2, 0.25) is 11.5 Å². The second-order valence-corrected chi connectivity index (χ2v) is 8.26. The first-order valence-corrected chi connectivity index (χ1v) is 12.8. The second kappa shape index (κ2) is 22.1. The highest BCUT2D eigenvalue weighted by atomic mass is 32.2. The van der Waals surface area contributed by atoms with E-state index in [0.717, 1.165) is 5.56 Å². The van der Waals surface area contributed by atoms with Crippen molar-refractivity contribution in [3.05, 3.63) is 41.7 Å². The smallest absolute Gasteiger partial charge is 0.374 e. The largest absolute Gasteiger partial charge is 0.460 e. The Morgan fingerprint density at radius 2 is 1.18 bits per heavy atom. The molecule has 0 aliphatic carbocycles. The summed E-state index contributed by atoms with van der Waals surface area (Å²) in [7, 11) is -4.02. The van der Waals surface area contributed by atoms with Crippen LogP contribution < -0.4 is 0 Å². The number of benzene rings is 1. The third-order valence-electron chi connectivity index (χ3n) is 3.42. The fourth-order valence-corrected chi connectivity index (χ4v) is 2.32. The molecule has 0 atom stereocenters. The SMILES string of the molecule is C/C=C(\OC(C)=O)C(=O)OCC.CC(=O)OC(C)=O.CCOC(=O)C(=O)CC.Cc1ccc(S(=O)(=O)O)cc1. The van der Waals surface area contributed by atoms with E-state index in [2.05, 4.69) is 18.9 Å². The van der Waals surface area contributed by atoms with Crippen LogP contribution in [0.5, 0.6) is 0 Å². The van der Waals surface area contributed by atoms with Gasteiger partial charge in [-0.25, -0.2) is 9.59 Å². The molecule has 14 heteroatoms. The lowest BCUT2D eigenvalue weighted by molar-refractivity contribution is -0.156. The lowest BCUT2D eigenvalue weighted by Gasteiger charge is -2.04. The van der Waals surface area contributed by atoms with Gasteiger partial charge in [0.05, 0.1) is 18.1 Å². The third-order valence-corrected chi connectivity index (χ3v) is 4.29. The number of ether oxygens (including phenoxy) is 4. The molecule has 0 unspecified atom stereocenters. The Labute approximate surface area is 228 Å². The number of hydrogen-bond donors (Lipinski definition) is 1. The average Bonchev–Trinajstić information content (AvgIpc) is 2.82. The minimum Gasteiger partial charge on any atom is -0.460 e. The van der Waals surface area contributed by atoms with Gasteiger partial charge < -0.3 is 18.9 Å². The molecule has 0 aliphatic rings. The Balaban J connectivity index is -0.000000452. The summed E-state index contributed by atoms with van der Waals surface area (Å²) < 4.78 is 47.1. The molecule has 0 amide bonds. The van der Waals surface area contributed by atoms with E-state index in [0.29, 0.717) is 0 Å². The standard InChI is InChI=1S/C8H12O4.C7H8O3S.C6H10O3.C4H6O3/c1-4-7(12-6(3)9)8(10)11-5-2;1-6-2-4-7(5-3-6)11(8,9)10;1-3-5(7)6(8)9-4-2;1-3(5)7-4(2)6/h4H,5H2,1-3H3;2-5H,1H3,(H,8,9,10);3-4H2,1-2H3;1-2H3/b7-4-;;;. The summed E-state index contributed by atoms with van der Waals surface area (Å²) in [6, 6.07) is 5.99. The van der Waals surface area contributed by atoms with Crippen LogP contribution >= 0.6 is 0 Å². The quantitative estimate of drug-likeness (QED) is 0.0947. The van der Waals surface area contributed by atoms with Crippen molar-refractivity contribution in [2.45, 2.75) is 66.7 Å². The Hall–Kier alpha value is -3.91. The summed E-state index contributed by atoms with van der Waals surface area (Å²) in [6.45, 7) is 12.5. The molecule has 220 valence electrons. The van der Waals surface area contributed by atoms with Gasteiger partial charge in [-0.1, -0.05) is 24.6 Å². The number of allylic oxidation sites excluding steroid dienone is 1. The van der Waals surface area contributed by atoms with Crippen molar-refractivity contribution in [2.24, 2.45) is 0 Å². The van der Waals surface area contributed by atoms with Gasteiger partial charge in [-0.15, -0.1) is 0 Å². The molecule has 0 bridgehead atoms. The molecule has 1 aromatic carbocycles. The molecule has 0 radical (unpaired) electrons. The molecule has 0 saturated heterocycles. The zero-order valence-electron chi connectivity index (χ0n) is 23.3. The molecule has 0 spiro atoms. The van der Waals surface area contributed by atoms with E-state index in [1.54, 1.807) is 39.8 Å². The molecular formula is C25H36O13S. The van der Waals surface area contributed by atoms with Crippen LogP contribution in [0.25, 0.3) is 0 Å². The molecule has 13 nitrogen and oxygen atoms in total. The number of ketones is 1. The lowest BCUT2D eigenvalue weighted by Crippen LogP contribution is -2.15. The molecule has 1 aromatic rings. The van der Waals surface area contributed by atoms with Gasteiger partial charge in [0.1, 0.15) is 0 Å². The van der Waals surface area contributed by atoms with Gasteiger partial charge in [-0.2, -0.15) is 8.42 Å². The van der Waals surface area contributed by atoms with Crippen molar-refractivity contribution in [3.8, 4) is 0 Å². The number of hydrogen-bond acceptors (Lipinski definition) is 12. The first kappa shape index (κ1) is 39.6. The fourth-order valence-electron chi connectivity index (χ4n) is 1.84. The number of esters is 5. The summed E-state index contributed by atoms with van der Waals surface area (Å²) >= 11 is 0. The molecule has 0 fully saturated rings. The van der Waals surface area contributed by atoms with Crippen molar-refractivity contribution < 1.29 is 60.7 Å². The fraction of sp³-hybridized carbons (Fsp3) is 0.440. The van der Waals surface area contributed by atoms with Gasteiger partial charge in [0.15, 0.2) is 0 Å². The molecule has 1 rings (SSSR count). The maximum atomic E-state index is 10.9. The highest BCUT2D eigenvalue weighted by Gasteiger charge is 2.12. The van der Waals surface area contributed by atoms with Crippen LogP contribution in [0, 0.1) is 6.92 Å². The molecule has 0 aliphatic heterocycles. The van der Waals surface area contributed by atoms with Gasteiger partial charge >= 0.3 is 29.8 Å². The summed E-state index contributed by atoms with van der Waals surface area (Å²) in [4.78, 5) is 61.8. The van der Waals surface area contributed by atoms with Crippen LogP contribution in [0.2, 0.25) is 0 Å². The second-order valence-electron chi connectivity index (χ2n) is 6.84. The van der Waals surface area contributed by atoms with Crippen LogP contribution in [0.15, 0.2) is 41.0 Å². The highest BCUT2D eigenvalue weighted by molar-refractivity contribution is 7.85. The minimum absolute atomic E-state index is 0.0654. The van der Waals surface area contributed by atoms with Crippen molar-refractivity contribution in [1.82, 2.24) is 0 Å². The molecule has 1 N–H and O–H groups in total. The summed E-state index contributed by atoms with van der Waals surface area (Å²) in [6.07, 6.45) is 1.61. The van der Waals surface area contributed by atoms with Crippen LogP contribution in [0.1, 0.15) is 60.5 Å². The molecule has 0 saturated carbocycles. The predicted octanol–water partition coefficient (Wildman–Crippen LogP) is 2.88. The van der Waals surface area contributed by atoms with Gasteiger partial charge in [0.25, 0.3) is 10.1 Å². The number of rotatable bonds is 7. The Morgan fingerprint density at radius 1 is 0.769 bits per heavy atom.